The Bertz CT molecular complexity index is 780. The van der Waals surface area contributed by atoms with E-state index in [-0.39, 0.29) is 0 Å². The van der Waals surface area contributed by atoms with Gasteiger partial charge in [0, 0.05) is 56.9 Å². The first kappa shape index (κ1) is 19.4. The quantitative estimate of drug-likeness (QED) is 0.812. The van der Waals surface area contributed by atoms with Crippen LogP contribution in [0.4, 0.5) is 0 Å². The lowest BCUT2D eigenvalue weighted by atomic mass is 9.92. The van der Waals surface area contributed by atoms with Crippen LogP contribution in [-0.2, 0) is 24.9 Å². The summed E-state index contributed by atoms with van der Waals surface area (Å²) >= 11 is 0. The normalized spacial score (nSPS) is 21.9. The molecule has 8 nitrogen and oxygen atoms in total. The van der Waals surface area contributed by atoms with Gasteiger partial charge < -0.3 is 9.47 Å². The second-order valence-corrected chi connectivity index (χ2v) is 7.97. The summed E-state index contributed by atoms with van der Waals surface area (Å²) in [6, 6.07) is 0. The van der Waals surface area contributed by atoms with Crippen LogP contribution in [0.5, 0.6) is 5.88 Å². The molecule has 4 rings (SSSR count). The van der Waals surface area contributed by atoms with Gasteiger partial charge in [0.2, 0.25) is 5.88 Å². The number of aryl methyl sites for hydroxylation is 2. The molecular weight excluding hydrogens is 356 g/mol. The van der Waals surface area contributed by atoms with E-state index in [9.17, 15) is 0 Å². The van der Waals surface area contributed by atoms with Gasteiger partial charge in [0.1, 0.15) is 0 Å². The van der Waals surface area contributed by atoms with Crippen molar-refractivity contribution in [2.45, 2.75) is 38.8 Å². The number of aromatic amines is 1. The molecule has 0 aliphatic carbocycles. The molecule has 8 heteroatoms. The number of likely N-dealkylation sites (tertiary alicyclic amines) is 1. The van der Waals surface area contributed by atoms with E-state index in [2.05, 4.69) is 32.0 Å². The summed E-state index contributed by atoms with van der Waals surface area (Å²) in [6.07, 6.45) is 4.41. The van der Waals surface area contributed by atoms with Crippen molar-refractivity contribution in [1.82, 2.24) is 29.8 Å². The SMILES string of the molecule is COc1c(CN2CCC[C@@H](c3[nH]ncc3CN3CCOCC3)C2)c(C)nn1C. The number of piperidine rings is 1. The minimum atomic E-state index is 0.496. The number of hydrogen-bond donors (Lipinski definition) is 1. The fourth-order valence-corrected chi connectivity index (χ4v) is 4.58. The van der Waals surface area contributed by atoms with Crippen LogP contribution >= 0.6 is 0 Å². The third-order valence-electron chi connectivity index (χ3n) is 6.03. The van der Waals surface area contributed by atoms with Crippen LogP contribution in [0.1, 0.15) is 41.3 Å². The van der Waals surface area contributed by atoms with Crippen molar-refractivity contribution in [3.05, 3.63) is 28.7 Å². The van der Waals surface area contributed by atoms with Crippen LogP contribution < -0.4 is 4.74 Å². The fraction of sp³-hybridized carbons (Fsp3) is 0.700. The second kappa shape index (κ2) is 8.63. The molecule has 0 radical (unpaired) electrons. The summed E-state index contributed by atoms with van der Waals surface area (Å²) < 4.78 is 12.9. The lowest BCUT2D eigenvalue weighted by Crippen LogP contribution is -2.37. The molecule has 0 unspecified atom stereocenters. The van der Waals surface area contributed by atoms with Crippen molar-refractivity contribution >= 4 is 0 Å². The third-order valence-corrected chi connectivity index (χ3v) is 6.03. The molecule has 1 N–H and O–H groups in total. The first-order valence-electron chi connectivity index (χ1n) is 10.3. The van der Waals surface area contributed by atoms with Crippen LogP contribution in [-0.4, -0.2) is 76.3 Å². The van der Waals surface area contributed by atoms with Gasteiger partial charge in [-0.1, -0.05) is 0 Å². The fourth-order valence-electron chi connectivity index (χ4n) is 4.58. The van der Waals surface area contributed by atoms with Crippen molar-refractivity contribution in [3.63, 3.8) is 0 Å². The van der Waals surface area contributed by atoms with Crippen LogP contribution in [0.25, 0.3) is 0 Å². The number of hydrogen-bond acceptors (Lipinski definition) is 6. The van der Waals surface area contributed by atoms with Crippen molar-refractivity contribution in [2.24, 2.45) is 7.05 Å². The molecule has 28 heavy (non-hydrogen) atoms. The lowest BCUT2D eigenvalue weighted by Gasteiger charge is -2.33. The monoisotopic (exact) mass is 388 g/mol. The summed E-state index contributed by atoms with van der Waals surface area (Å²) in [4.78, 5) is 4.99. The van der Waals surface area contributed by atoms with Crippen molar-refractivity contribution < 1.29 is 9.47 Å². The topological polar surface area (TPSA) is 71.4 Å². The molecule has 0 saturated carbocycles. The van der Waals surface area contributed by atoms with Gasteiger partial charge in [0.15, 0.2) is 0 Å². The molecular formula is C20H32N6O2. The van der Waals surface area contributed by atoms with E-state index in [1.54, 1.807) is 7.11 Å². The number of rotatable bonds is 6. The van der Waals surface area contributed by atoms with Gasteiger partial charge in [-0.2, -0.15) is 10.2 Å². The van der Waals surface area contributed by atoms with Crippen LogP contribution in [0.3, 0.4) is 0 Å². The maximum Gasteiger partial charge on any atom is 0.216 e. The summed E-state index contributed by atoms with van der Waals surface area (Å²) in [5.41, 5.74) is 4.90. The highest BCUT2D eigenvalue weighted by molar-refractivity contribution is 5.31. The Balaban J connectivity index is 1.44. The Hall–Kier alpha value is -1.90. The molecule has 2 aliphatic rings. The van der Waals surface area contributed by atoms with Gasteiger partial charge in [0.05, 0.1) is 37.8 Å². The van der Waals surface area contributed by atoms with E-state index in [0.717, 1.165) is 64.1 Å². The number of ether oxygens (including phenoxy) is 2. The van der Waals surface area contributed by atoms with Crippen molar-refractivity contribution in [3.8, 4) is 5.88 Å². The first-order valence-corrected chi connectivity index (χ1v) is 10.3. The molecule has 2 aromatic heterocycles. The van der Waals surface area contributed by atoms with E-state index < -0.39 is 0 Å². The van der Waals surface area contributed by atoms with E-state index in [1.807, 2.05) is 17.9 Å². The molecule has 1 atom stereocenters. The van der Waals surface area contributed by atoms with Gasteiger partial charge in [-0.05, 0) is 26.3 Å². The van der Waals surface area contributed by atoms with Crippen LogP contribution in [0, 0.1) is 6.92 Å². The Morgan fingerprint density at radius 3 is 2.82 bits per heavy atom. The molecule has 0 spiro atoms. The standard InChI is InChI=1S/C20H32N6O2/c1-15-18(20(27-3)24(2)23-15)14-26-6-4-5-16(12-26)19-17(11-21-22-19)13-25-7-9-28-10-8-25/h11,16H,4-10,12-14H2,1-3H3,(H,21,22)/t16-/m1/s1. The molecule has 0 aromatic carbocycles. The third kappa shape index (κ3) is 4.09. The summed E-state index contributed by atoms with van der Waals surface area (Å²) in [7, 11) is 3.67. The summed E-state index contributed by atoms with van der Waals surface area (Å²) in [5, 5.41) is 12.2. The average molecular weight is 389 g/mol. The van der Waals surface area contributed by atoms with Crippen molar-refractivity contribution in [1.29, 1.82) is 0 Å². The molecule has 2 aliphatic heterocycles. The Morgan fingerprint density at radius 1 is 1.21 bits per heavy atom. The zero-order chi connectivity index (χ0) is 19.5. The number of methoxy groups -OCH3 is 1. The highest BCUT2D eigenvalue weighted by atomic mass is 16.5. The van der Waals surface area contributed by atoms with Gasteiger partial charge in [-0.15, -0.1) is 0 Å². The van der Waals surface area contributed by atoms with Crippen LogP contribution in [0.15, 0.2) is 6.20 Å². The van der Waals surface area contributed by atoms with Gasteiger partial charge in [-0.25, -0.2) is 4.68 Å². The number of nitrogens with one attached hydrogen (secondary N) is 1. The molecule has 0 bridgehead atoms. The molecule has 154 valence electrons. The maximum atomic E-state index is 5.58. The zero-order valence-electron chi connectivity index (χ0n) is 17.3. The molecule has 2 saturated heterocycles. The first-order chi connectivity index (χ1) is 13.7. The lowest BCUT2D eigenvalue weighted by molar-refractivity contribution is 0.0339. The zero-order valence-corrected chi connectivity index (χ0v) is 17.3. The smallest absolute Gasteiger partial charge is 0.216 e. The second-order valence-electron chi connectivity index (χ2n) is 7.97. The minimum Gasteiger partial charge on any atom is -0.481 e. The Morgan fingerprint density at radius 2 is 2.04 bits per heavy atom. The number of H-pyrrole nitrogens is 1. The van der Waals surface area contributed by atoms with Gasteiger partial charge in [0.25, 0.3) is 0 Å². The van der Waals surface area contributed by atoms with Crippen molar-refractivity contribution in [2.75, 3.05) is 46.5 Å². The van der Waals surface area contributed by atoms with Gasteiger partial charge >= 0.3 is 0 Å². The predicted molar refractivity (Wildman–Crippen MR) is 106 cm³/mol. The molecule has 0 amide bonds. The largest absolute Gasteiger partial charge is 0.481 e. The molecule has 2 fully saturated rings. The Labute approximate surface area is 166 Å². The minimum absolute atomic E-state index is 0.496. The molecule has 4 heterocycles. The number of morpholine rings is 1. The number of nitrogens with zero attached hydrogens (tertiary/aromatic N) is 5. The summed E-state index contributed by atoms with van der Waals surface area (Å²) in [6.45, 7) is 9.72. The predicted octanol–water partition coefficient (Wildman–Crippen LogP) is 1.67. The van der Waals surface area contributed by atoms with Crippen LogP contribution in [0.2, 0.25) is 0 Å². The summed E-state index contributed by atoms with van der Waals surface area (Å²) in [5.74, 6) is 1.37. The highest BCUT2D eigenvalue weighted by Gasteiger charge is 2.27. The van der Waals surface area contributed by atoms with E-state index in [0.29, 0.717) is 5.92 Å². The highest BCUT2D eigenvalue weighted by Crippen LogP contribution is 2.31. The van der Waals surface area contributed by atoms with E-state index in [4.69, 9.17) is 9.47 Å². The van der Waals surface area contributed by atoms with E-state index >= 15 is 0 Å². The average Bonchev–Trinajstić information content (AvgIpc) is 3.27. The van der Waals surface area contributed by atoms with Gasteiger partial charge in [-0.3, -0.25) is 14.9 Å². The van der Waals surface area contributed by atoms with E-state index in [1.165, 1.54) is 29.7 Å². The number of aromatic nitrogens is 4. The molecule has 2 aromatic rings. The Kier molecular flexibility index (Phi) is 5.99. The maximum absolute atomic E-state index is 5.58.